The molecular weight excluding hydrogens is 422 g/mol. The molecule has 0 spiro atoms. The first-order chi connectivity index (χ1) is 15.5. The molecule has 1 aromatic carbocycles. The molecule has 0 aliphatic carbocycles. The smallest absolute Gasteiger partial charge is 0.163 e. The third-order valence-corrected chi connectivity index (χ3v) is 4.36. The molecule has 0 saturated carbocycles. The van der Waals surface area contributed by atoms with Crippen LogP contribution in [0.3, 0.4) is 0 Å². The van der Waals surface area contributed by atoms with Crippen molar-refractivity contribution in [2.24, 2.45) is 7.05 Å². The predicted molar refractivity (Wildman–Crippen MR) is 136 cm³/mol. The number of rotatable bonds is 3. The maximum absolute atomic E-state index is 6.30. The van der Waals surface area contributed by atoms with Gasteiger partial charge in [-0.05, 0) is 38.2 Å². The highest BCUT2D eigenvalue weighted by molar-refractivity contribution is 6.34. The van der Waals surface area contributed by atoms with Crippen LogP contribution < -0.4 is 5.32 Å². The van der Waals surface area contributed by atoms with Gasteiger partial charge in [0.2, 0.25) is 0 Å². The Morgan fingerprint density at radius 2 is 1.59 bits per heavy atom. The van der Waals surface area contributed by atoms with E-state index in [2.05, 4.69) is 70.4 Å². The zero-order chi connectivity index (χ0) is 24.1. The van der Waals surface area contributed by atoms with E-state index in [1.54, 1.807) is 17.2 Å². The van der Waals surface area contributed by atoms with Crippen LogP contribution in [0.2, 0.25) is 5.15 Å². The molecule has 3 heterocycles. The predicted octanol–water partition coefficient (Wildman–Crippen LogP) is 5.71. The van der Waals surface area contributed by atoms with E-state index in [4.69, 9.17) is 11.6 Å². The zero-order valence-corrected chi connectivity index (χ0v) is 21.3. The van der Waals surface area contributed by atoms with E-state index >= 15 is 0 Å². The molecule has 0 aliphatic heterocycles. The van der Waals surface area contributed by atoms with Crippen molar-refractivity contribution in [1.82, 2.24) is 34.6 Å². The first kappa shape index (κ1) is 27.3. The first-order valence-corrected chi connectivity index (χ1v) is 11.4. The van der Waals surface area contributed by atoms with Gasteiger partial charge in [-0.3, -0.25) is 4.57 Å². The molecule has 8 heteroatoms. The molecule has 4 rings (SSSR count). The molecule has 4 aromatic rings. The summed E-state index contributed by atoms with van der Waals surface area (Å²) in [6.07, 6.45) is 7.25. The van der Waals surface area contributed by atoms with Gasteiger partial charge in [-0.1, -0.05) is 64.8 Å². The molecule has 0 bridgehead atoms. The van der Waals surface area contributed by atoms with E-state index in [0.29, 0.717) is 10.8 Å². The number of aryl methyl sites for hydroxylation is 2. The number of fused-ring (bicyclic) bond motifs is 1. The van der Waals surface area contributed by atoms with Crippen LogP contribution >= 0.6 is 11.6 Å². The van der Waals surface area contributed by atoms with Crippen LogP contribution in [-0.4, -0.2) is 43.4 Å². The van der Waals surface area contributed by atoms with Gasteiger partial charge >= 0.3 is 0 Å². The lowest BCUT2D eigenvalue weighted by molar-refractivity contribution is 0.786. The van der Waals surface area contributed by atoms with Crippen molar-refractivity contribution >= 4 is 22.6 Å². The third kappa shape index (κ3) is 6.61. The van der Waals surface area contributed by atoms with Crippen LogP contribution in [0.15, 0.2) is 43.1 Å². The minimum absolute atomic E-state index is 0.386. The topological polar surface area (TPSA) is 73.5 Å². The summed E-state index contributed by atoms with van der Waals surface area (Å²) in [5.41, 5.74) is 4.57. The fraction of sp³-hybridized carbons (Fsp3) is 0.417. The van der Waals surface area contributed by atoms with Crippen molar-refractivity contribution in [2.45, 2.75) is 47.5 Å². The normalized spacial score (nSPS) is 9.78. The fourth-order valence-corrected chi connectivity index (χ4v) is 3.02. The molecule has 0 aliphatic rings. The Kier molecular flexibility index (Phi) is 12.2. The molecule has 32 heavy (non-hydrogen) atoms. The number of nitrogens with one attached hydrogen (secondary N) is 1. The Hall–Kier alpha value is -2.77. The highest BCUT2D eigenvalue weighted by Crippen LogP contribution is 2.31. The van der Waals surface area contributed by atoms with Crippen molar-refractivity contribution in [3.05, 3.63) is 53.8 Å². The van der Waals surface area contributed by atoms with Crippen LogP contribution in [0.25, 0.3) is 28.1 Å². The Balaban J connectivity index is 0.000000567. The van der Waals surface area contributed by atoms with Crippen LogP contribution in [-0.2, 0) is 13.5 Å². The van der Waals surface area contributed by atoms with Crippen LogP contribution in [0.4, 0.5) is 0 Å². The number of benzene rings is 1. The lowest BCUT2D eigenvalue weighted by atomic mass is 10.1. The van der Waals surface area contributed by atoms with Crippen molar-refractivity contribution in [3.63, 3.8) is 0 Å². The molecule has 0 unspecified atom stereocenters. The molecule has 0 fully saturated rings. The summed E-state index contributed by atoms with van der Waals surface area (Å²) in [6.45, 7) is 10.4. The van der Waals surface area contributed by atoms with Crippen LogP contribution in [0, 0.1) is 0 Å². The lowest BCUT2D eigenvalue weighted by Crippen LogP contribution is -1.97. The van der Waals surface area contributed by atoms with Crippen molar-refractivity contribution in [1.29, 1.82) is 0 Å². The molecule has 174 valence electrons. The maximum Gasteiger partial charge on any atom is 0.163 e. The second-order valence-electron chi connectivity index (χ2n) is 6.71. The highest BCUT2D eigenvalue weighted by Gasteiger charge is 2.19. The summed E-state index contributed by atoms with van der Waals surface area (Å²) < 4.78 is 3.69. The van der Waals surface area contributed by atoms with Crippen LogP contribution in [0.5, 0.6) is 0 Å². The second-order valence-corrected chi connectivity index (χ2v) is 7.07. The summed E-state index contributed by atoms with van der Waals surface area (Å²) >= 11 is 6.30. The molecule has 0 amide bonds. The minimum Gasteiger partial charge on any atom is -0.323 e. The molecule has 7 nitrogen and oxygen atoms in total. The van der Waals surface area contributed by atoms with Gasteiger partial charge in [0.05, 0.1) is 23.6 Å². The summed E-state index contributed by atoms with van der Waals surface area (Å²) in [7, 11) is 5.59. The van der Waals surface area contributed by atoms with Gasteiger partial charge in [0, 0.05) is 12.7 Å². The Bertz CT molecular complexity index is 1050. The van der Waals surface area contributed by atoms with E-state index in [-0.39, 0.29) is 0 Å². The average Bonchev–Trinajstić information content (AvgIpc) is 3.42. The van der Waals surface area contributed by atoms with Gasteiger partial charge in [0.25, 0.3) is 0 Å². The molecule has 0 atom stereocenters. The van der Waals surface area contributed by atoms with E-state index in [0.717, 1.165) is 28.9 Å². The van der Waals surface area contributed by atoms with Gasteiger partial charge in [-0.15, -0.1) is 0 Å². The Labute approximate surface area is 196 Å². The van der Waals surface area contributed by atoms with Gasteiger partial charge in [0.15, 0.2) is 5.65 Å². The molecule has 1 N–H and O–H groups in total. The van der Waals surface area contributed by atoms with Crippen molar-refractivity contribution < 1.29 is 0 Å². The summed E-state index contributed by atoms with van der Waals surface area (Å²) in [4.78, 5) is 12.7. The quantitative estimate of drug-likeness (QED) is 0.399. The number of hydrogen-bond donors (Lipinski definition) is 1. The van der Waals surface area contributed by atoms with E-state index in [1.165, 1.54) is 18.3 Å². The number of nitrogens with zero attached hydrogens (tertiary/aromatic N) is 6. The number of hydrogen-bond acceptors (Lipinski definition) is 5. The summed E-state index contributed by atoms with van der Waals surface area (Å²) in [5, 5.41) is 8.45. The van der Waals surface area contributed by atoms with Gasteiger partial charge < -0.3 is 5.32 Å². The van der Waals surface area contributed by atoms with Crippen LogP contribution in [0.1, 0.15) is 46.6 Å². The standard InChI is InChI=1S/C17H15ClN6.C3H8.C2H7N.C2H6/c1-3-11-4-6-12(7-5-11)24-10-19-8-13(24)15-14-16(18)20-9-21-17(14)23(2)22-15;2*1-3-2;1-2/h4-10H,3H2,1-2H3;3H2,1-2H3;3H,1-2H3;1-2H3. The Morgan fingerprint density at radius 1 is 1.00 bits per heavy atom. The van der Waals surface area contributed by atoms with Gasteiger partial charge in [0.1, 0.15) is 17.2 Å². The monoisotopic (exact) mass is 457 g/mol. The van der Waals surface area contributed by atoms with Crippen molar-refractivity contribution in [3.8, 4) is 17.1 Å². The van der Waals surface area contributed by atoms with E-state index < -0.39 is 0 Å². The second kappa shape index (κ2) is 14.3. The molecule has 0 saturated heterocycles. The average molecular weight is 458 g/mol. The summed E-state index contributed by atoms with van der Waals surface area (Å²) in [6, 6.07) is 8.39. The fourth-order valence-electron chi connectivity index (χ4n) is 2.80. The Morgan fingerprint density at radius 3 is 2.16 bits per heavy atom. The van der Waals surface area contributed by atoms with Gasteiger partial charge in [-0.25, -0.2) is 19.6 Å². The highest BCUT2D eigenvalue weighted by atomic mass is 35.5. The first-order valence-electron chi connectivity index (χ1n) is 11.1. The maximum atomic E-state index is 6.30. The minimum atomic E-state index is 0.386. The molecular formula is C24H36ClN7. The number of aromatic nitrogens is 6. The summed E-state index contributed by atoms with van der Waals surface area (Å²) in [5.74, 6) is 0. The molecule has 0 radical (unpaired) electrons. The largest absolute Gasteiger partial charge is 0.323 e. The van der Waals surface area contributed by atoms with Gasteiger partial charge in [-0.2, -0.15) is 5.10 Å². The van der Waals surface area contributed by atoms with E-state index in [1.807, 2.05) is 39.6 Å². The number of halogens is 1. The molecule has 3 aromatic heterocycles. The number of imidazole rings is 1. The van der Waals surface area contributed by atoms with E-state index in [9.17, 15) is 0 Å². The lowest BCUT2D eigenvalue weighted by Gasteiger charge is -2.07. The third-order valence-electron chi connectivity index (χ3n) is 4.08. The zero-order valence-electron chi connectivity index (χ0n) is 20.5. The van der Waals surface area contributed by atoms with Crippen molar-refractivity contribution in [2.75, 3.05) is 14.1 Å². The SMILES string of the molecule is CC.CCC.CCc1ccc(-n2cncc2-c2nn(C)c3ncnc(Cl)c23)cc1.CNC.